The lowest BCUT2D eigenvalue weighted by atomic mass is 10.4. The molecule has 1 amide bonds. The first-order valence-electron chi connectivity index (χ1n) is 2.66. The maximum atomic E-state index is 10.5. The van der Waals surface area contributed by atoms with Gasteiger partial charge >= 0.3 is 0 Å². The van der Waals surface area contributed by atoms with E-state index in [4.69, 9.17) is 11.6 Å². The molecule has 0 bridgehead atoms. The summed E-state index contributed by atoms with van der Waals surface area (Å²) in [7, 11) is 0. The van der Waals surface area contributed by atoms with Gasteiger partial charge in [0.05, 0.1) is 6.04 Å². The molecule has 0 aliphatic rings. The van der Waals surface area contributed by atoms with E-state index in [9.17, 15) is 9.59 Å². The van der Waals surface area contributed by atoms with Crippen LogP contribution in [0.15, 0.2) is 0 Å². The van der Waals surface area contributed by atoms with Crippen LogP contribution in [0.5, 0.6) is 0 Å². The van der Waals surface area contributed by atoms with Crippen LogP contribution in [0.3, 0.4) is 0 Å². The maximum absolute atomic E-state index is 10.5. The Morgan fingerprint density at radius 3 is 2.70 bits per heavy atom. The van der Waals surface area contributed by atoms with Crippen LogP contribution >= 0.6 is 24.2 Å². The topological polar surface area (TPSA) is 46.2 Å². The molecule has 0 fully saturated rings. The van der Waals surface area contributed by atoms with Crippen molar-refractivity contribution in [3.63, 3.8) is 0 Å². The second-order valence-corrected chi connectivity index (χ2v) is 2.26. The summed E-state index contributed by atoms with van der Waals surface area (Å²) in [4.78, 5) is 20.6. The molecule has 0 saturated carbocycles. The maximum Gasteiger partial charge on any atom is 0.235 e. The van der Waals surface area contributed by atoms with E-state index >= 15 is 0 Å². The molecule has 10 heavy (non-hydrogen) atoms. The molecule has 0 rings (SSSR count). The van der Waals surface area contributed by atoms with Gasteiger partial charge in [-0.25, -0.2) is 0 Å². The lowest BCUT2D eigenvalue weighted by Gasteiger charge is -2.06. The molecule has 0 radical (unpaired) electrons. The highest BCUT2D eigenvalue weighted by atomic mass is 35.5. The highest BCUT2D eigenvalue weighted by Crippen LogP contribution is 1.84. The number of aldehydes is 1. The van der Waals surface area contributed by atoms with E-state index in [0.717, 1.165) is 0 Å². The summed E-state index contributed by atoms with van der Waals surface area (Å²) in [5.74, 6) is -0.183. The SMILES string of the molecule is O=C[C@H](CS)NC(=O)CCl. The first kappa shape index (κ1) is 9.78. The molecule has 0 aromatic heterocycles. The molecule has 0 saturated heterocycles. The molecular weight excluding hydrogens is 174 g/mol. The summed E-state index contributed by atoms with van der Waals surface area (Å²) in [5.41, 5.74) is 0. The molecular formula is C5H8ClNO2S. The van der Waals surface area contributed by atoms with Gasteiger partial charge in [0.15, 0.2) is 0 Å². The summed E-state index contributed by atoms with van der Waals surface area (Å²) < 4.78 is 0. The van der Waals surface area contributed by atoms with E-state index in [1.807, 2.05) is 0 Å². The second kappa shape index (κ2) is 5.56. The molecule has 0 aliphatic carbocycles. The lowest BCUT2D eigenvalue weighted by Crippen LogP contribution is -2.37. The number of nitrogens with one attached hydrogen (secondary N) is 1. The number of amides is 1. The zero-order chi connectivity index (χ0) is 7.98. The number of thiol groups is 1. The molecule has 3 nitrogen and oxygen atoms in total. The zero-order valence-electron chi connectivity index (χ0n) is 5.21. The fourth-order valence-corrected chi connectivity index (χ4v) is 0.623. The second-order valence-electron chi connectivity index (χ2n) is 1.63. The Morgan fingerprint density at radius 2 is 2.40 bits per heavy atom. The minimum atomic E-state index is -0.519. The smallest absolute Gasteiger partial charge is 0.235 e. The Balaban J connectivity index is 3.62. The van der Waals surface area contributed by atoms with E-state index in [1.54, 1.807) is 0 Å². The van der Waals surface area contributed by atoms with Crippen molar-refractivity contribution in [2.24, 2.45) is 0 Å². The van der Waals surface area contributed by atoms with E-state index < -0.39 is 6.04 Å². The molecule has 0 aliphatic heterocycles. The summed E-state index contributed by atoms with van der Waals surface area (Å²) in [5, 5.41) is 2.35. The van der Waals surface area contributed by atoms with Gasteiger partial charge in [0.25, 0.3) is 0 Å². The molecule has 0 spiro atoms. The van der Waals surface area contributed by atoms with Gasteiger partial charge in [0.1, 0.15) is 12.2 Å². The van der Waals surface area contributed by atoms with E-state index in [-0.39, 0.29) is 11.8 Å². The highest BCUT2D eigenvalue weighted by Gasteiger charge is 2.06. The number of carbonyl (C=O) groups is 2. The van der Waals surface area contributed by atoms with Gasteiger partial charge in [-0.15, -0.1) is 11.6 Å². The van der Waals surface area contributed by atoms with Gasteiger partial charge in [-0.05, 0) is 0 Å². The average Bonchev–Trinajstić information content (AvgIpc) is 1.99. The van der Waals surface area contributed by atoms with Crippen molar-refractivity contribution >= 4 is 36.4 Å². The predicted molar refractivity (Wildman–Crippen MR) is 42.6 cm³/mol. The lowest BCUT2D eigenvalue weighted by molar-refractivity contribution is -0.121. The van der Waals surface area contributed by atoms with E-state index in [2.05, 4.69) is 17.9 Å². The van der Waals surface area contributed by atoms with Gasteiger partial charge in [0.2, 0.25) is 5.91 Å². The highest BCUT2D eigenvalue weighted by molar-refractivity contribution is 7.80. The number of halogens is 1. The van der Waals surface area contributed by atoms with Crippen LogP contribution in [-0.2, 0) is 9.59 Å². The van der Waals surface area contributed by atoms with Crippen LogP contribution < -0.4 is 5.32 Å². The largest absolute Gasteiger partial charge is 0.345 e. The zero-order valence-corrected chi connectivity index (χ0v) is 6.86. The molecule has 0 heterocycles. The van der Waals surface area contributed by atoms with Crippen LogP contribution in [0, 0.1) is 0 Å². The fraction of sp³-hybridized carbons (Fsp3) is 0.600. The van der Waals surface area contributed by atoms with Crippen LogP contribution in [-0.4, -0.2) is 29.9 Å². The standard InChI is InChI=1S/C5H8ClNO2S/c6-1-5(9)7-4(2-8)3-10/h2,4,10H,1,3H2,(H,7,9)/t4-/m1/s1. The van der Waals surface area contributed by atoms with Crippen molar-refractivity contribution in [2.45, 2.75) is 6.04 Å². The van der Waals surface area contributed by atoms with E-state index in [1.165, 1.54) is 0 Å². The summed E-state index contributed by atoms with van der Waals surface area (Å²) in [6, 6.07) is -0.519. The quantitative estimate of drug-likeness (QED) is 0.360. The molecule has 0 aromatic carbocycles. The Labute approximate surface area is 69.5 Å². The van der Waals surface area contributed by atoms with E-state index in [0.29, 0.717) is 12.0 Å². The minimum absolute atomic E-state index is 0.127. The number of rotatable bonds is 4. The van der Waals surface area contributed by atoms with Gasteiger partial charge in [-0.2, -0.15) is 12.6 Å². The van der Waals surface area contributed by atoms with Crippen LogP contribution in [0.1, 0.15) is 0 Å². The minimum Gasteiger partial charge on any atom is -0.345 e. The van der Waals surface area contributed by atoms with Crippen molar-refractivity contribution in [1.82, 2.24) is 5.32 Å². The van der Waals surface area contributed by atoms with Crippen molar-refractivity contribution in [3.8, 4) is 0 Å². The van der Waals surface area contributed by atoms with Crippen molar-refractivity contribution in [3.05, 3.63) is 0 Å². The third-order valence-electron chi connectivity index (χ3n) is 0.829. The summed E-state index contributed by atoms with van der Waals surface area (Å²) in [6.45, 7) is 0. The summed E-state index contributed by atoms with van der Waals surface area (Å²) >= 11 is 8.98. The number of hydrogen-bond donors (Lipinski definition) is 2. The normalized spacial score (nSPS) is 12.2. The van der Waals surface area contributed by atoms with Gasteiger partial charge < -0.3 is 10.1 Å². The fourth-order valence-electron chi connectivity index (χ4n) is 0.368. The molecule has 0 aromatic rings. The predicted octanol–water partition coefficient (Wildman–Crippen LogP) is -0.161. The van der Waals surface area contributed by atoms with Crippen molar-refractivity contribution in [1.29, 1.82) is 0 Å². The molecule has 0 unspecified atom stereocenters. The monoisotopic (exact) mass is 181 g/mol. The Bertz CT molecular complexity index is 131. The third kappa shape index (κ3) is 3.74. The van der Waals surface area contributed by atoms with Crippen LogP contribution in [0.4, 0.5) is 0 Å². The first-order valence-corrected chi connectivity index (χ1v) is 3.82. The van der Waals surface area contributed by atoms with Crippen molar-refractivity contribution < 1.29 is 9.59 Å². The van der Waals surface area contributed by atoms with Crippen molar-refractivity contribution in [2.75, 3.05) is 11.6 Å². The first-order chi connectivity index (χ1) is 4.74. The average molecular weight is 182 g/mol. The third-order valence-corrected chi connectivity index (χ3v) is 1.46. The van der Waals surface area contributed by atoms with Gasteiger partial charge in [-0.3, -0.25) is 4.79 Å². The van der Waals surface area contributed by atoms with Gasteiger partial charge in [0, 0.05) is 5.75 Å². The number of hydrogen-bond acceptors (Lipinski definition) is 3. The molecule has 5 heteroatoms. The number of alkyl halides is 1. The Hall–Kier alpha value is -0.220. The molecule has 1 N–H and O–H groups in total. The van der Waals surface area contributed by atoms with Gasteiger partial charge in [-0.1, -0.05) is 0 Å². The number of carbonyl (C=O) groups excluding carboxylic acids is 2. The molecule has 58 valence electrons. The van der Waals surface area contributed by atoms with Crippen LogP contribution in [0.25, 0.3) is 0 Å². The Morgan fingerprint density at radius 1 is 1.80 bits per heavy atom. The summed E-state index contributed by atoms with van der Waals surface area (Å²) in [6.07, 6.45) is 0.622. The molecule has 1 atom stereocenters. The van der Waals surface area contributed by atoms with Crippen LogP contribution in [0.2, 0.25) is 0 Å². The Kier molecular flexibility index (Phi) is 5.43.